The molecule has 1 aliphatic rings. The molecule has 1 aliphatic heterocycles. The number of carbonyl (C=O) groups is 1. The SMILES string of the molecule is C/C=C(/C)C(=O)[C@@H]1c2c(ccc3ccc(=O)oc23)O[C@@H]1C(C)(C)O. The van der Waals surface area contributed by atoms with Gasteiger partial charge in [0, 0.05) is 11.5 Å². The first-order valence-electron chi connectivity index (χ1n) is 7.87. The van der Waals surface area contributed by atoms with Gasteiger partial charge in [-0.15, -0.1) is 0 Å². The summed E-state index contributed by atoms with van der Waals surface area (Å²) in [5.41, 5.74) is -0.288. The van der Waals surface area contributed by atoms with E-state index < -0.39 is 23.2 Å². The molecule has 5 heteroatoms. The van der Waals surface area contributed by atoms with E-state index in [1.54, 1.807) is 52.0 Å². The number of hydrogen-bond donors (Lipinski definition) is 1. The van der Waals surface area contributed by atoms with Gasteiger partial charge in [-0.1, -0.05) is 6.08 Å². The highest BCUT2D eigenvalue weighted by Crippen LogP contribution is 2.46. The van der Waals surface area contributed by atoms with Crippen LogP contribution in [0.3, 0.4) is 0 Å². The fraction of sp³-hybridized carbons (Fsp3) is 0.368. The zero-order valence-electron chi connectivity index (χ0n) is 14.1. The molecule has 1 N–H and O–H groups in total. The third-order valence-corrected chi connectivity index (χ3v) is 4.46. The average molecular weight is 328 g/mol. The molecular weight excluding hydrogens is 308 g/mol. The zero-order valence-corrected chi connectivity index (χ0v) is 14.1. The summed E-state index contributed by atoms with van der Waals surface area (Å²) in [5.74, 6) is -0.418. The molecule has 0 amide bonds. The largest absolute Gasteiger partial charge is 0.486 e. The Bertz CT molecular complexity index is 898. The van der Waals surface area contributed by atoms with Crippen LogP contribution in [0.5, 0.6) is 5.75 Å². The molecule has 1 aromatic heterocycles. The minimum atomic E-state index is -1.24. The molecule has 0 bridgehead atoms. The van der Waals surface area contributed by atoms with Gasteiger partial charge in [-0.3, -0.25) is 4.79 Å². The topological polar surface area (TPSA) is 76.7 Å². The first kappa shape index (κ1) is 16.5. The maximum atomic E-state index is 12.9. The second kappa shape index (κ2) is 5.60. The molecule has 5 nitrogen and oxygen atoms in total. The summed E-state index contributed by atoms with van der Waals surface area (Å²) in [4.78, 5) is 24.6. The molecular formula is C19H20O5. The second-order valence-corrected chi connectivity index (χ2v) is 6.66. The van der Waals surface area contributed by atoms with E-state index in [-0.39, 0.29) is 5.78 Å². The minimum absolute atomic E-state index is 0.151. The van der Waals surface area contributed by atoms with Gasteiger partial charge in [0.05, 0.1) is 17.1 Å². The van der Waals surface area contributed by atoms with E-state index in [0.29, 0.717) is 27.9 Å². The van der Waals surface area contributed by atoms with E-state index in [4.69, 9.17) is 9.15 Å². The van der Waals surface area contributed by atoms with Gasteiger partial charge in [0.25, 0.3) is 0 Å². The van der Waals surface area contributed by atoms with Crippen molar-refractivity contribution in [3.63, 3.8) is 0 Å². The first-order chi connectivity index (χ1) is 11.2. The van der Waals surface area contributed by atoms with E-state index >= 15 is 0 Å². The fourth-order valence-electron chi connectivity index (χ4n) is 3.10. The van der Waals surface area contributed by atoms with Crippen LogP contribution in [0.25, 0.3) is 11.0 Å². The van der Waals surface area contributed by atoms with Gasteiger partial charge in [-0.25, -0.2) is 4.79 Å². The lowest BCUT2D eigenvalue weighted by molar-refractivity contribution is -0.122. The highest BCUT2D eigenvalue weighted by Gasteiger charge is 2.48. The van der Waals surface area contributed by atoms with Crippen LogP contribution in [-0.2, 0) is 4.79 Å². The van der Waals surface area contributed by atoms with Gasteiger partial charge >= 0.3 is 5.63 Å². The van der Waals surface area contributed by atoms with Crippen molar-refractivity contribution in [3.05, 3.63) is 51.9 Å². The summed E-state index contributed by atoms with van der Waals surface area (Å²) < 4.78 is 11.3. The maximum absolute atomic E-state index is 12.9. The summed E-state index contributed by atoms with van der Waals surface area (Å²) in [6, 6.07) is 6.51. The molecule has 1 aromatic carbocycles. The molecule has 0 saturated heterocycles. The predicted molar refractivity (Wildman–Crippen MR) is 90.4 cm³/mol. The second-order valence-electron chi connectivity index (χ2n) is 6.66. The maximum Gasteiger partial charge on any atom is 0.336 e. The quantitative estimate of drug-likeness (QED) is 0.692. The number of carbonyl (C=O) groups excluding carboxylic acids is 1. The Kier molecular flexibility index (Phi) is 3.84. The molecule has 2 aromatic rings. The Balaban J connectivity index is 2.30. The Morgan fingerprint density at radius 3 is 2.54 bits per heavy atom. The monoisotopic (exact) mass is 328 g/mol. The number of ether oxygens (including phenoxy) is 1. The van der Waals surface area contributed by atoms with Crippen molar-refractivity contribution in [1.29, 1.82) is 0 Å². The standard InChI is InChI=1S/C19H20O5/c1-5-10(2)16(21)15-14-12(23-18(15)19(3,4)22)8-6-11-7-9-13(20)24-17(11)14/h5-9,15,18,22H,1-4H3/b10-5-/t15-,18-/m0/s1. The molecule has 2 heterocycles. The average Bonchev–Trinajstić information content (AvgIpc) is 2.93. The number of allylic oxidation sites excluding steroid dienone is 2. The van der Waals surface area contributed by atoms with Crippen LogP contribution in [0.1, 0.15) is 39.2 Å². The Morgan fingerprint density at radius 1 is 1.25 bits per heavy atom. The van der Waals surface area contributed by atoms with Crippen molar-refractivity contribution in [2.45, 2.75) is 45.3 Å². The highest BCUT2D eigenvalue weighted by molar-refractivity contribution is 6.03. The number of aliphatic hydroxyl groups is 1. The van der Waals surface area contributed by atoms with Crippen molar-refractivity contribution in [3.8, 4) is 5.75 Å². The summed E-state index contributed by atoms with van der Waals surface area (Å²) in [7, 11) is 0. The molecule has 0 unspecified atom stereocenters. The van der Waals surface area contributed by atoms with E-state index in [0.717, 1.165) is 0 Å². The molecule has 0 saturated carbocycles. The molecule has 0 spiro atoms. The minimum Gasteiger partial charge on any atom is -0.486 e. The van der Waals surface area contributed by atoms with Crippen LogP contribution in [0.15, 0.2) is 45.1 Å². The lowest BCUT2D eigenvalue weighted by Crippen LogP contribution is -2.44. The third-order valence-electron chi connectivity index (χ3n) is 4.46. The summed E-state index contributed by atoms with van der Waals surface area (Å²) in [6.45, 7) is 6.72. The van der Waals surface area contributed by atoms with Crippen LogP contribution in [-0.4, -0.2) is 22.6 Å². The van der Waals surface area contributed by atoms with E-state index in [1.807, 2.05) is 0 Å². The Morgan fingerprint density at radius 2 is 1.92 bits per heavy atom. The smallest absolute Gasteiger partial charge is 0.336 e. The highest BCUT2D eigenvalue weighted by atomic mass is 16.5. The van der Waals surface area contributed by atoms with Crippen molar-refractivity contribution >= 4 is 16.8 Å². The van der Waals surface area contributed by atoms with Crippen LogP contribution in [0.4, 0.5) is 0 Å². The molecule has 0 aliphatic carbocycles. The van der Waals surface area contributed by atoms with Gasteiger partial charge in [-0.05, 0) is 51.5 Å². The number of rotatable bonds is 3. The van der Waals surface area contributed by atoms with E-state index in [2.05, 4.69) is 0 Å². The number of Topliss-reactive ketones (excluding diaryl/α,β-unsaturated/α-hetero) is 1. The molecule has 24 heavy (non-hydrogen) atoms. The van der Waals surface area contributed by atoms with Crippen molar-refractivity contribution < 1.29 is 19.1 Å². The summed E-state index contributed by atoms with van der Waals surface area (Å²) in [5, 5.41) is 11.2. The van der Waals surface area contributed by atoms with Crippen LogP contribution in [0, 0.1) is 0 Å². The lowest BCUT2D eigenvalue weighted by Gasteiger charge is -2.29. The van der Waals surface area contributed by atoms with Crippen molar-refractivity contribution in [1.82, 2.24) is 0 Å². The molecule has 0 fully saturated rings. The lowest BCUT2D eigenvalue weighted by atomic mass is 9.81. The fourth-order valence-corrected chi connectivity index (χ4v) is 3.10. The van der Waals surface area contributed by atoms with Gasteiger partial charge in [0.15, 0.2) is 5.78 Å². The van der Waals surface area contributed by atoms with Crippen LogP contribution in [0.2, 0.25) is 0 Å². The van der Waals surface area contributed by atoms with Crippen LogP contribution < -0.4 is 10.4 Å². The molecule has 126 valence electrons. The first-order valence-corrected chi connectivity index (χ1v) is 7.87. The molecule has 3 rings (SSSR count). The van der Waals surface area contributed by atoms with Gasteiger partial charge in [0.2, 0.25) is 0 Å². The normalized spacial score (nSPS) is 20.8. The predicted octanol–water partition coefficient (Wildman–Crippen LogP) is 2.94. The van der Waals surface area contributed by atoms with Gasteiger partial charge < -0.3 is 14.3 Å². The summed E-state index contributed by atoms with van der Waals surface area (Å²) >= 11 is 0. The van der Waals surface area contributed by atoms with E-state index in [1.165, 1.54) is 6.07 Å². The Labute approximate surface area is 139 Å². The van der Waals surface area contributed by atoms with Gasteiger partial charge in [-0.2, -0.15) is 0 Å². The van der Waals surface area contributed by atoms with Crippen LogP contribution >= 0.6 is 0 Å². The summed E-state index contributed by atoms with van der Waals surface area (Å²) in [6.07, 6.45) is 0.967. The number of fused-ring (bicyclic) bond motifs is 3. The van der Waals surface area contributed by atoms with Gasteiger partial charge in [0.1, 0.15) is 17.4 Å². The molecule has 2 atom stereocenters. The van der Waals surface area contributed by atoms with Crippen molar-refractivity contribution in [2.75, 3.05) is 0 Å². The van der Waals surface area contributed by atoms with E-state index in [9.17, 15) is 14.7 Å². The Hall–Kier alpha value is -2.40. The van der Waals surface area contributed by atoms with Crippen molar-refractivity contribution in [2.24, 2.45) is 0 Å². The number of ketones is 1. The number of benzene rings is 1. The molecule has 0 radical (unpaired) electrons. The zero-order chi connectivity index (χ0) is 17.6. The number of hydrogen-bond acceptors (Lipinski definition) is 5. The third kappa shape index (κ3) is 2.55.